The summed E-state index contributed by atoms with van der Waals surface area (Å²) < 4.78 is 26.4. The molecule has 5 nitrogen and oxygen atoms in total. The Labute approximate surface area is 157 Å². The zero-order valence-electron chi connectivity index (χ0n) is 15.2. The van der Waals surface area contributed by atoms with Crippen LogP contribution in [0.15, 0.2) is 36.5 Å². The summed E-state index contributed by atoms with van der Waals surface area (Å²) in [7, 11) is 0. The molecule has 2 N–H and O–H groups in total. The number of rotatable bonds is 5. The van der Waals surface area contributed by atoms with E-state index in [-0.39, 0.29) is 18.4 Å². The molecular formula is C20H23F2N3O2. The summed E-state index contributed by atoms with van der Waals surface area (Å²) in [6.07, 6.45) is 2.27. The van der Waals surface area contributed by atoms with Gasteiger partial charge in [0.2, 0.25) is 5.91 Å². The van der Waals surface area contributed by atoms with Crippen LogP contribution in [0.4, 0.5) is 14.6 Å². The standard InChI is InChI=1S/C20H23F2N3O2/c1-13-4-2-8-23-19(13)24-20(27)15-5-3-9-25(11-15)12-18(26)14-6-7-16(21)17(22)10-14/h2,4,6-8,10,15,18,26H,3,5,9,11-12H2,1H3,(H,23,24,27)/t15-,18-/m1/s1. The van der Waals surface area contributed by atoms with Crippen LogP contribution in [0.5, 0.6) is 0 Å². The molecule has 0 aliphatic carbocycles. The average Bonchev–Trinajstić information content (AvgIpc) is 2.66. The molecule has 27 heavy (non-hydrogen) atoms. The second kappa shape index (κ2) is 8.54. The lowest BCUT2D eigenvalue weighted by Crippen LogP contribution is -2.42. The number of amides is 1. The highest BCUT2D eigenvalue weighted by molar-refractivity contribution is 5.92. The van der Waals surface area contributed by atoms with Gasteiger partial charge in [-0.25, -0.2) is 13.8 Å². The number of halogens is 2. The number of carbonyl (C=O) groups is 1. The highest BCUT2D eigenvalue weighted by Gasteiger charge is 2.27. The molecule has 2 atom stereocenters. The number of hydrogen-bond donors (Lipinski definition) is 2. The van der Waals surface area contributed by atoms with E-state index in [2.05, 4.69) is 10.3 Å². The van der Waals surface area contributed by atoms with Crippen molar-refractivity contribution >= 4 is 11.7 Å². The quantitative estimate of drug-likeness (QED) is 0.843. The molecule has 1 saturated heterocycles. The van der Waals surface area contributed by atoms with Crippen molar-refractivity contribution in [3.8, 4) is 0 Å². The van der Waals surface area contributed by atoms with Crippen molar-refractivity contribution in [2.75, 3.05) is 25.0 Å². The van der Waals surface area contributed by atoms with Gasteiger partial charge in [-0.15, -0.1) is 0 Å². The third-order valence-corrected chi connectivity index (χ3v) is 4.89. The zero-order chi connectivity index (χ0) is 19.4. The number of hydrogen-bond acceptors (Lipinski definition) is 4. The molecule has 0 bridgehead atoms. The summed E-state index contributed by atoms with van der Waals surface area (Å²) in [6.45, 7) is 3.39. The fraction of sp³-hybridized carbons (Fsp3) is 0.400. The van der Waals surface area contributed by atoms with Crippen LogP contribution in [-0.2, 0) is 4.79 Å². The molecule has 1 aromatic heterocycles. The van der Waals surface area contributed by atoms with Gasteiger partial charge in [-0.2, -0.15) is 0 Å². The van der Waals surface area contributed by atoms with Crippen LogP contribution < -0.4 is 5.32 Å². The first-order valence-corrected chi connectivity index (χ1v) is 9.02. The molecule has 1 aliphatic heterocycles. The minimum absolute atomic E-state index is 0.0937. The topological polar surface area (TPSA) is 65.5 Å². The highest BCUT2D eigenvalue weighted by Crippen LogP contribution is 2.23. The Morgan fingerprint density at radius 1 is 1.37 bits per heavy atom. The van der Waals surface area contributed by atoms with E-state index >= 15 is 0 Å². The summed E-state index contributed by atoms with van der Waals surface area (Å²) in [5, 5.41) is 13.2. The number of aliphatic hydroxyl groups is 1. The van der Waals surface area contributed by atoms with Gasteiger partial charge >= 0.3 is 0 Å². The maximum atomic E-state index is 13.4. The predicted molar refractivity (Wildman–Crippen MR) is 98.1 cm³/mol. The van der Waals surface area contributed by atoms with Gasteiger partial charge in [-0.1, -0.05) is 12.1 Å². The van der Waals surface area contributed by atoms with Crippen molar-refractivity contribution < 1.29 is 18.7 Å². The fourth-order valence-corrected chi connectivity index (χ4v) is 3.34. The van der Waals surface area contributed by atoms with Crippen molar-refractivity contribution in [2.24, 2.45) is 5.92 Å². The first kappa shape index (κ1) is 19.4. The SMILES string of the molecule is Cc1cccnc1NC(=O)[C@@H]1CCCN(C[C@@H](O)c2ccc(F)c(F)c2)C1. The molecule has 2 aromatic rings. The van der Waals surface area contributed by atoms with Crippen LogP contribution in [0.25, 0.3) is 0 Å². The third kappa shape index (κ3) is 4.87. The molecule has 2 heterocycles. The Kier molecular flexibility index (Phi) is 6.13. The maximum Gasteiger partial charge on any atom is 0.229 e. The number of benzene rings is 1. The van der Waals surface area contributed by atoms with Crippen molar-refractivity contribution in [2.45, 2.75) is 25.9 Å². The molecule has 144 valence electrons. The Hall–Kier alpha value is -2.38. The van der Waals surface area contributed by atoms with E-state index in [1.807, 2.05) is 24.0 Å². The van der Waals surface area contributed by atoms with Gasteiger partial charge in [0.1, 0.15) is 5.82 Å². The molecule has 3 rings (SSSR count). The van der Waals surface area contributed by atoms with Gasteiger partial charge in [0.25, 0.3) is 0 Å². The number of pyridine rings is 1. The number of piperidine rings is 1. The van der Waals surface area contributed by atoms with Gasteiger partial charge in [0.05, 0.1) is 12.0 Å². The van der Waals surface area contributed by atoms with Crippen LogP contribution >= 0.6 is 0 Å². The Morgan fingerprint density at radius 2 is 2.19 bits per heavy atom. The molecule has 1 aromatic carbocycles. The summed E-state index contributed by atoms with van der Waals surface area (Å²) in [5.41, 5.74) is 1.22. The Bertz CT molecular complexity index is 816. The van der Waals surface area contributed by atoms with E-state index in [4.69, 9.17) is 0 Å². The second-order valence-electron chi connectivity index (χ2n) is 6.95. The third-order valence-electron chi connectivity index (χ3n) is 4.89. The van der Waals surface area contributed by atoms with Crippen LogP contribution in [-0.4, -0.2) is 40.5 Å². The number of nitrogens with one attached hydrogen (secondary N) is 1. The largest absolute Gasteiger partial charge is 0.387 e. The lowest BCUT2D eigenvalue weighted by molar-refractivity contribution is -0.121. The van der Waals surface area contributed by atoms with E-state index in [1.54, 1.807) is 6.20 Å². The molecule has 0 unspecified atom stereocenters. The molecule has 1 fully saturated rings. The lowest BCUT2D eigenvalue weighted by atomic mass is 9.96. The van der Waals surface area contributed by atoms with Crippen molar-refractivity contribution in [3.63, 3.8) is 0 Å². The van der Waals surface area contributed by atoms with E-state index in [9.17, 15) is 18.7 Å². The number of anilines is 1. The number of β-amino-alcohol motifs (C(OH)–C–C–N with tert-alkyl or cyclic N) is 1. The maximum absolute atomic E-state index is 13.4. The van der Waals surface area contributed by atoms with E-state index < -0.39 is 17.7 Å². The van der Waals surface area contributed by atoms with Crippen LogP contribution in [0.1, 0.15) is 30.1 Å². The molecule has 1 aliphatic rings. The monoisotopic (exact) mass is 375 g/mol. The molecule has 7 heteroatoms. The van der Waals surface area contributed by atoms with Gasteiger partial charge in [0, 0.05) is 19.3 Å². The number of aliphatic hydroxyl groups excluding tert-OH is 1. The Morgan fingerprint density at radius 3 is 2.93 bits per heavy atom. The van der Waals surface area contributed by atoms with E-state index in [0.29, 0.717) is 17.9 Å². The highest BCUT2D eigenvalue weighted by atomic mass is 19.2. The number of likely N-dealkylation sites (tertiary alicyclic amines) is 1. The molecule has 0 saturated carbocycles. The first-order chi connectivity index (χ1) is 12.9. The van der Waals surface area contributed by atoms with Crippen LogP contribution in [0, 0.1) is 24.5 Å². The Balaban J connectivity index is 1.59. The second-order valence-corrected chi connectivity index (χ2v) is 6.95. The number of carbonyl (C=O) groups excluding carboxylic acids is 1. The predicted octanol–water partition coefficient (Wildman–Crippen LogP) is 3.05. The number of aromatic nitrogens is 1. The average molecular weight is 375 g/mol. The lowest BCUT2D eigenvalue weighted by Gasteiger charge is -2.33. The van der Waals surface area contributed by atoms with Crippen LogP contribution in [0.3, 0.4) is 0 Å². The van der Waals surface area contributed by atoms with Crippen molar-refractivity contribution in [1.82, 2.24) is 9.88 Å². The van der Waals surface area contributed by atoms with Crippen molar-refractivity contribution in [1.29, 1.82) is 0 Å². The number of nitrogens with zero attached hydrogens (tertiary/aromatic N) is 2. The minimum Gasteiger partial charge on any atom is -0.387 e. The van der Waals surface area contributed by atoms with Crippen LogP contribution in [0.2, 0.25) is 0 Å². The summed E-state index contributed by atoms with van der Waals surface area (Å²) in [6, 6.07) is 7.09. The van der Waals surface area contributed by atoms with Gasteiger partial charge < -0.3 is 10.4 Å². The summed E-state index contributed by atoms with van der Waals surface area (Å²) in [4.78, 5) is 18.7. The molecule has 1 amide bonds. The summed E-state index contributed by atoms with van der Waals surface area (Å²) >= 11 is 0. The van der Waals surface area contributed by atoms with E-state index in [1.165, 1.54) is 6.07 Å². The van der Waals surface area contributed by atoms with Gasteiger partial charge in [0.15, 0.2) is 11.6 Å². The summed E-state index contributed by atoms with van der Waals surface area (Å²) in [5.74, 6) is -1.67. The molecule has 0 radical (unpaired) electrons. The van der Waals surface area contributed by atoms with Crippen molar-refractivity contribution in [3.05, 3.63) is 59.3 Å². The fourth-order valence-electron chi connectivity index (χ4n) is 3.34. The van der Waals surface area contributed by atoms with Gasteiger partial charge in [-0.3, -0.25) is 9.69 Å². The number of aryl methyl sites for hydroxylation is 1. The smallest absolute Gasteiger partial charge is 0.229 e. The van der Waals surface area contributed by atoms with E-state index in [0.717, 1.165) is 37.1 Å². The minimum atomic E-state index is -0.979. The molecular weight excluding hydrogens is 352 g/mol. The normalized spacial score (nSPS) is 18.9. The molecule has 0 spiro atoms. The van der Waals surface area contributed by atoms with Gasteiger partial charge in [-0.05, 0) is 55.6 Å². The first-order valence-electron chi connectivity index (χ1n) is 9.02. The zero-order valence-corrected chi connectivity index (χ0v) is 15.2.